The first-order valence-electron chi connectivity index (χ1n) is 8.45. The Kier molecular flexibility index (Phi) is 6.37. The van der Waals surface area contributed by atoms with Crippen LogP contribution < -0.4 is 15.0 Å². The minimum absolute atomic E-state index is 0.591. The highest BCUT2D eigenvalue weighted by Gasteiger charge is 2.21. The number of benzene rings is 1. The van der Waals surface area contributed by atoms with Crippen LogP contribution in [0.2, 0.25) is 0 Å². The number of nitrogens with zero attached hydrogens (tertiary/aromatic N) is 1. The van der Waals surface area contributed by atoms with Gasteiger partial charge in [-0.1, -0.05) is 27.2 Å². The molecule has 0 bridgehead atoms. The average molecular weight is 290 g/mol. The van der Waals surface area contributed by atoms with Crippen molar-refractivity contribution in [2.45, 2.75) is 46.1 Å². The number of hydrogen-bond donors (Lipinski definition) is 1. The highest BCUT2D eigenvalue weighted by atomic mass is 16.5. The van der Waals surface area contributed by atoms with Gasteiger partial charge in [0.05, 0.1) is 6.61 Å². The summed E-state index contributed by atoms with van der Waals surface area (Å²) in [6, 6.07) is 9.19. The Morgan fingerprint density at radius 2 is 2.05 bits per heavy atom. The molecule has 3 heteroatoms. The Bertz CT molecular complexity index is 404. The predicted octanol–water partition coefficient (Wildman–Crippen LogP) is 3.69. The molecule has 1 aliphatic heterocycles. The molecule has 0 aromatic heterocycles. The van der Waals surface area contributed by atoms with Crippen LogP contribution in [0.1, 0.15) is 40.0 Å². The molecule has 0 amide bonds. The van der Waals surface area contributed by atoms with Crippen LogP contribution in [0.3, 0.4) is 0 Å². The van der Waals surface area contributed by atoms with Gasteiger partial charge >= 0.3 is 0 Å². The van der Waals surface area contributed by atoms with E-state index in [1.807, 2.05) is 0 Å². The van der Waals surface area contributed by atoms with Gasteiger partial charge in [0.1, 0.15) is 5.75 Å². The maximum atomic E-state index is 5.67. The molecule has 21 heavy (non-hydrogen) atoms. The monoisotopic (exact) mass is 290 g/mol. The van der Waals surface area contributed by atoms with Crippen LogP contribution in [0, 0.1) is 5.92 Å². The molecule has 1 fully saturated rings. The van der Waals surface area contributed by atoms with Crippen LogP contribution in [-0.4, -0.2) is 32.3 Å². The highest BCUT2D eigenvalue weighted by Crippen LogP contribution is 2.22. The zero-order chi connectivity index (χ0) is 15.1. The number of ether oxygens (including phenoxy) is 1. The van der Waals surface area contributed by atoms with E-state index in [2.05, 4.69) is 55.3 Å². The molecule has 3 nitrogen and oxygen atoms in total. The van der Waals surface area contributed by atoms with Crippen molar-refractivity contribution in [2.75, 3.05) is 31.1 Å². The Morgan fingerprint density at radius 3 is 2.71 bits per heavy atom. The lowest BCUT2D eigenvalue weighted by atomic mass is 9.99. The second-order valence-electron chi connectivity index (χ2n) is 6.09. The summed E-state index contributed by atoms with van der Waals surface area (Å²) in [6.45, 7) is 10.9. The predicted molar refractivity (Wildman–Crippen MR) is 90.3 cm³/mol. The van der Waals surface area contributed by atoms with Gasteiger partial charge in [0.25, 0.3) is 0 Å². The largest absolute Gasteiger partial charge is 0.494 e. The van der Waals surface area contributed by atoms with Crippen molar-refractivity contribution >= 4 is 5.69 Å². The topological polar surface area (TPSA) is 24.5 Å². The smallest absolute Gasteiger partial charge is 0.119 e. The molecule has 1 aromatic carbocycles. The van der Waals surface area contributed by atoms with Gasteiger partial charge in [-0.25, -0.2) is 0 Å². The molecule has 1 heterocycles. The minimum Gasteiger partial charge on any atom is -0.494 e. The molecule has 1 aliphatic rings. The molecule has 1 aromatic rings. The molecular formula is C18H30N2O. The van der Waals surface area contributed by atoms with Crippen LogP contribution in [-0.2, 0) is 0 Å². The fraction of sp³-hybridized carbons (Fsp3) is 0.667. The molecule has 0 spiro atoms. The standard InChI is InChI=1S/C18H30N2O/c1-4-13-21-17-9-7-16(8-10-17)20-12-6-11-19-18(14-20)15(3)5-2/h7-10,15,18-19H,4-6,11-14H2,1-3H3. The van der Waals surface area contributed by atoms with E-state index in [0.29, 0.717) is 6.04 Å². The maximum absolute atomic E-state index is 5.67. The normalized spacial score (nSPS) is 20.9. The first-order valence-corrected chi connectivity index (χ1v) is 8.45. The van der Waals surface area contributed by atoms with Crippen molar-refractivity contribution in [1.29, 1.82) is 0 Å². The number of nitrogens with one attached hydrogen (secondary N) is 1. The summed E-state index contributed by atoms with van der Waals surface area (Å²) < 4.78 is 5.67. The zero-order valence-corrected chi connectivity index (χ0v) is 13.8. The summed E-state index contributed by atoms with van der Waals surface area (Å²) >= 11 is 0. The van der Waals surface area contributed by atoms with Gasteiger partial charge in [0.15, 0.2) is 0 Å². The van der Waals surface area contributed by atoms with Gasteiger partial charge in [0.2, 0.25) is 0 Å². The summed E-state index contributed by atoms with van der Waals surface area (Å²) in [5.41, 5.74) is 1.32. The van der Waals surface area contributed by atoms with Gasteiger partial charge in [-0.15, -0.1) is 0 Å². The van der Waals surface area contributed by atoms with E-state index in [1.54, 1.807) is 0 Å². The van der Waals surface area contributed by atoms with Crippen LogP contribution in [0.4, 0.5) is 5.69 Å². The lowest BCUT2D eigenvalue weighted by Crippen LogP contribution is -2.42. The Hall–Kier alpha value is -1.22. The van der Waals surface area contributed by atoms with Crippen molar-refractivity contribution in [2.24, 2.45) is 5.92 Å². The summed E-state index contributed by atoms with van der Waals surface area (Å²) in [4.78, 5) is 2.51. The first-order chi connectivity index (χ1) is 10.2. The Balaban J connectivity index is 2.01. The van der Waals surface area contributed by atoms with E-state index in [9.17, 15) is 0 Å². The molecule has 1 saturated heterocycles. The van der Waals surface area contributed by atoms with Crippen molar-refractivity contribution in [1.82, 2.24) is 5.32 Å². The van der Waals surface area contributed by atoms with E-state index in [1.165, 1.54) is 18.5 Å². The summed E-state index contributed by atoms with van der Waals surface area (Å²) in [5.74, 6) is 1.70. The molecule has 2 unspecified atom stereocenters. The SMILES string of the molecule is CCCOc1ccc(N2CCCNC(C(C)CC)C2)cc1. The van der Waals surface area contributed by atoms with Gasteiger partial charge in [0, 0.05) is 24.8 Å². The van der Waals surface area contributed by atoms with Gasteiger partial charge in [-0.3, -0.25) is 0 Å². The fourth-order valence-electron chi connectivity index (χ4n) is 2.82. The van der Waals surface area contributed by atoms with Gasteiger partial charge < -0.3 is 15.0 Å². The third-order valence-electron chi connectivity index (χ3n) is 4.43. The van der Waals surface area contributed by atoms with E-state index < -0.39 is 0 Å². The van der Waals surface area contributed by atoms with Crippen LogP contribution in [0.15, 0.2) is 24.3 Å². The summed E-state index contributed by atoms with van der Waals surface area (Å²) in [6.07, 6.45) is 3.49. The lowest BCUT2D eigenvalue weighted by Gasteiger charge is -2.29. The third kappa shape index (κ3) is 4.63. The zero-order valence-electron chi connectivity index (χ0n) is 13.8. The summed E-state index contributed by atoms with van der Waals surface area (Å²) in [5, 5.41) is 3.70. The molecule has 0 aliphatic carbocycles. The van der Waals surface area contributed by atoms with Crippen molar-refractivity contribution in [3.63, 3.8) is 0 Å². The number of hydrogen-bond acceptors (Lipinski definition) is 3. The van der Waals surface area contributed by atoms with Crippen LogP contribution in [0.5, 0.6) is 5.75 Å². The summed E-state index contributed by atoms with van der Waals surface area (Å²) in [7, 11) is 0. The maximum Gasteiger partial charge on any atom is 0.119 e. The third-order valence-corrected chi connectivity index (χ3v) is 4.43. The van der Waals surface area contributed by atoms with E-state index >= 15 is 0 Å². The number of rotatable bonds is 6. The van der Waals surface area contributed by atoms with Crippen LogP contribution in [0.25, 0.3) is 0 Å². The average Bonchev–Trinajstić information content (AvgIpc) is 2.79. The van der Waals surface area contributed by atoms with E-state index in [-0.39, 0.29) is 0 Å². The quantitative estimate of drug-likeness (QED) is 0.865. The van der Waals surface area contributed by atoms with Crippen molar-refractivity contribution < 1.29 is 4.74 Å². The highest BCUT2D eigenvalue weighted by molar-refractivity contribution is 5.49. The molecule has 1 N–H and O–H groups in total. The molecule has 2 atom stereocenters. The second-order valence-corrected chi connectivity index (χ2v) is 6.09. The van der Waals surface area contributed by atoms with E-state index in [0.717, 1.165) is 44.3 Å². The Labute approximate surface area is 129 Å². The molecular weight excluding hydrogens is 260 g/mol. The number of anilines is 1. The minimum atomic E-state index is 0.591. The first kappa shape index (κ1) is 16.2. The molecule has 2 rings (SSSR count). The van der Waals surface area contributed by atoms with Crippen LogP contribution >= 0.6 is 0 Å². The fourth-order valence-corrected chi connectivity index (χ4v) is 2.82. The molecule has 0 radical (unpaired) electrons. The molecule has 118 valence electrons. The second kappa shape index (κ2) is 8.28. The van der Waals surface area contributed by atoms with E-state index in [4.69, 9.17) is 4.74 Å². The molecule has 0 saturated carbocycles. The Morgan fingerprint density at radius 1 is 1.29 bits per heavy atom. The van der Waals surface area contributed by atoms with Crippen molar-refractivity contribution in [3.05, 3.63) is 24.3 Å². The van der Waals surface area contributed by atoms with Crippen molar-refractivity contribution in [3.8, 4) is 5.75 Å². The lowest BCUT2D eigenvalue weighted by molar-refractivity contribution is 0.317. The van der Waals surface area contributed by atoms with Gasteiger partial charge in [-0.05, 0) is 49.6 Å². The van der Waals surface area contributed by atoms with Gasteiger partial charge in [-0.2, -0.15) is 0 Å².